The molecule has 5 heteroatoms. The van der Waals surface area contributed by atoms with Gasteiger partial charge in [0.2, 0.25) is 0 Å². The highest BCUT2D eigenvalue weighted by molar-refractivity contribution is 5.29. The lowest BCUT2D eigenvalue weighted by Gasteiger charge is -2.25. The summed E-state index contributed by atoms with van der Waals surface area (Å²) in [6, 6.07) is 0. The molecule has 2 fully saturated rings. The quantitative estimate of drug-likeness (QED) is 0.445. The fourth-order valence-electron chi connectivity index (χ4n) is 1.83. The second kappa shape index (κ2) is 3.31. The van der Waals surface area contributed by atoms with E-state index in [0.717, 1.165) is 18.4 Å². The molecule has 86 valence electrons. The summed E-state index contributed by atoms with van der Waals surface area (Å²) >= 11 is 0. The summed E-state index contributed by atoms with van der Waals surface area (Å²) in [5.41, 5.74) is 1.15. The largest absolute Gasteiger partial charge is 0.427 e. The third-order valence-electron chi connectivity index (χ3n) is 3.14. The van der Waals surface area contributed by atoms with Gasteiger partial charge in [0.1, 0.15) is 0 Å². The van der Waals surface area contributed by atoms with E-state index in [1.54, 1.807) is 12.3 Å². The van der Waals surface area contributed by atoms with Gasteiger partial charge in [0.05, 0.1) is 11.0 Å². The van der Waals surface area contributed by atoms with Crippen molar-refractivity contribution in [1.82, 2.24) is 5.32 Å². The number of rotatable bonds is 4. The Morgan fingerprint density at radius 1 is 1.44 bits per heavy atom. The highest BCUT2D eigenvalue weighted by Gasteiger charge is 2.47. The van der Waals surface area contributed by atoms with E-state index in [1.165, 1.54) is 12.8 Å². The summed E-state index contributed by atoms with van der Waals surface area (Å²) in [5.74, 6) is -0.936. The normalized spacial score (nSPS) is 33.1. The van der Waals surface area contributed by atoms with Crippen molar-refractivity contribution >= 4 is 0 Å². The highest BCUT2D eigenvalue weighted by Crippen LogP contribution is 2.39. The van der Waals surface area contributed by atoms with Gasteiger partial charge in [-0.1, -0.05) is 0 Å². The van der Waals surface area contributed by atoms with E-state index in [-0.39, 0.29) is 6.10 Å². The van der Waals surface area contributed by atoms with Crippen LogP contribution in [0.1, 0.15) is 25.7 Å². The molecule has 3 aliphatic rings. The smallest absolute Gasteiger partial charge is 0.299 e. The van der Waals surface area contributed by atoms with E-state index in [9.17, 15) is 10.1 Å². The molecule has 0 bridgehead atoms. The molecule has 0 saturated heterocycles. The van der Waals surface area contributed by atoms with Crippen molar-refractivity contribution < 1.29 is 9.66 Å². The van der Waals surface area contributed by atoms with Gasteiger partial charge in [-0.3, -0.25) is 20.2 Å². The fourth-order valence-corrected chi connectivity index (χ4v) is 1.83. The zero-order chi connectivity index (χ0) is 11.2. The minimum absolute atomic E-state index is 0.0402. The zero-order valence-corrected chi connectivity index (χ0v) is 8.89. The van der Waals surface area contributed by atoms with Crippen LogP contribution >= 0.6 is 0 Å². The summed E-state index contributed by atoms with van der Waals surface area (Å²) in [7, 11) is 0. The first kappa shape index (κ1) is 9.84. The second-order valence-corrected chi connectivity index (χ2v) is 4.67. The zero-order valence-electron chi connectivity index (χ0n) is 8.89. The van der Waals surface area contributed by atoms with Crippen molar-refractivity contribution in [3.8, 4) is 0 Å². The molecule has 1 heterocycles. The number of hydrogen-bond donors (Lipinski definition) is 1. The molecular formula is C11H14N2O3. The molecule has 1 unspecified atom stereocenters. The number of nitrogens with one attached hydrogen (secondary N) is 1. The monoisotopic (exact) mass is 222 g/mol. The number of ether oxygens (including phenoxy) is 1. The van der Waals surface area contributed by atoms with Crippen LogP contribution in [0, 0.1) is 16.0 Å². The molecule has 0 aromatic heterocycles. The molecule has 0 radical (unpaired) electrons. The van der Waals surface area contributed by atoms with Gasteiger partial charge in [-0.2, -0.15) is 0 Å². The topological polar surface area (TPSA) is 64.4 Å². The van der Waals surface area contributed by atoms with Crippen LogP contribution in [0.5, 0.6) is 0 Å². The van der Waals surface area contributed by atoms with Crippen LogP contribution in [-0.4, -0.2) is 16.9 Å². The molecule has 2 aliphatic carbocycles. The van der Waals surface area contributed by atoms with Crippen LogP contribution in [0.4, 0.5) is 0 Å². The van der Waals surface area contributed by atoms with Crippen molar-refractivity contribution in [2.45, 2.75) is 37.6 Å². The van der Waals surface area contributed by atoms with Crippen molar-refractivity contribution in [3.05, 3.63) is 34.0 Å². The first-order valence-corrected chi connectivity index (χ1v) is 5.69. The molecule has 0 amide bonds. The molecule has 1 aliphatic heterocycles. The van der Waals surface area contributed by atoms with Crippen LogP contribution in [0.3, 0.4) is 0 Å². The number of nitro groups is 1. The Labute approximate surface area is 93.3 Å². The Kier molecular flexibility index (Phi) is 2.04. The Hall–Kier alpha value is -1.36. The summed E-state index contributed by atoms with van der Waals surface area (Å²) in [4.78, 5) is 10.7. The van der Waals surface area contributed by atoms with E-state index >= 15 is 0 Å². The van der Waals surface area contributed by atoms with Gasteiger partial charge in [-0.25, -0.2) is 0 Å². The predicted molar refractivity (Wildman–Crippen MR) is 56.9 cm³/mol. The minimum atomic E-state index is -1.53. The van der Waals surface area contributed by atoms with Gasteiger partial charge in [0.25, 0.3) is 0 Å². The molecule has 1 N–H and O–H groups in total. The lowest BCUT2D eigenvalue weighted by molar-refractivity contribution is -0.621. The van der Waals surface area contributed by atoms with Gasteiger partial charge < -0.3 is 0 Å². The summed E-state index contributed by atoms with van der Waals surface area (Å²) in [6.07, 6.45) is 9.37. The van der Waals surface area contributed by atoms with Gasteiger partial charge in [0, 0.05) is 12.3 Å². The first-order valence-electron chi connectivity index (χ1n) is 5.69. The van der Waals surface area contributed by atoms with E-state index in [4.69, 9.17) is 4.74 Å². The van der Waals surface area contributed by atoms with E-state index in [0.29, 0.717) is 5.92 Å². The van der Waals surface area contributed by atoms with Crippen LogP contribution in [-0.2, 0) is 4.74 Å². The van der Waals surface area contributed by atoms with Gasteiger partial charge in [-0.15, -0.1) is 0 Å². The van der Waals surface area contributed by atoms with Crippen LogP contribution in [0.15, 0.2) is 23.9 Å². The maximum Gasteiger partial charge on any atom is 0.427 e. The van der Waals surface area contributed by atoms with Gasteiger partial charge >= 0.3 is 5.85 Å². The Morgan fingerprint density at radius 2 is 2.19 bits per heavy atom. The van der Waals surface area contributed by atoms with E-state index in [1.807, 2.05) is 6.08 Å². The summed E-state index contributed by atoms with van der Waals surface area (Å²) in [5, 5.41) is 13.9. The molecule has 0 aromatic carbocycles. The lowest BCUT2D eigenvalue weighted by atomic mass is 10.1. The number of nitrogens with zero attached hydrogens (tertiary/aromatic N) is 1. The number of allylic oxidation sites excluding steroid dienone is 2. The Morgan fingerprint density at radius 3 is 2.62 bits per heavy atom. The van der Waals surface area contributed by atoms with Gasteiger partial charge in [0.15, 0.2) is 0 Å². The molecule has 0 aromatic rings. The molecule has 1 atom stereocenters. The molecule has 2 saturated carbocycles. The van der Waals surface area contributed by atoms with Crippen LogP contribution < -0.4 is 5.32 Å². The standard InChI is InChI=1S/C11H14N2O3/c14-13(15)11(16-10-3-4-10)6-5-9(7-12-11)8-1-2-8/h5-8,10,12H,1-4H2. The number of hydrogen-bond acceptors (Lipinski definition) is 4. The Balaban J connectivity index is 1.76. The lowest BCUT2D eigenvalue weighted by Crippen LogP contribution is -2.52. The van der Waals surface area contributed by atoms with Gasteiger partial charge in [-0.05, 0) is 43.3 Å². The number of dihydropyridines is 1. The van der Waals surface area contributed by atoms with Crippen molar-refractivity contribution in [3.63, 3.8) is 0 Å². The highest BCUT2D eigenvalue weighted by atomic mass is 16.7. The third-order valence-corrected chi connectivity index (χ3v) is 3.14. The van der Waals surface area contributed by atoms with Crippen molar-refractivity contribution in [1.29, 1.82) is 0 Å². The molecule has 0 spiro atoms. The van der Waals surface area contributed by atoms with E-state index in [2.05, 4.69) is 5.32 Å². The molecule has 16 heavy (non-hydrogen) atoms. The summed E-state index contributed by atoms with van der Waals surface area (Å²) in [6.45, 7) is 0. The van der Waals surface area contributed by atoms with Crippen molar-refractivity contribution in [2.75, 3.05) is 0 Å². The van der Waals surface area contributed by atoms with E-state index < -0.39 is 10.8 Å². The first-order chi connectivity index (χ1) is 7.70. The maximum absolute atomic E-state index is 11.1. The third kappa shape index (κ3) is 1.71. The van der Waals surface area contributed by atoms with Crippen LogP contribution in [0.25, 0.3) is 0 Å². The second-order valence-electron chi connectivity index (χ2n) is 4.67. The fraction of sp³-hybridized carbons (Fsp3) is 0.636. The molecule has 3 rings (SSSR count). The average Bonchev–Trinajstić information content (AvgIpc) is 3.13. The maximum atomic E-state index is 11.1. The molecule has 5 nitrogen and oxygen atoms in total. The summed E-state index contributed by atoms with van der Waals surface area (Å²) < 4.78 is 5.46. The molecular weight excluding hydrogens is 208 g/mol. The van der Waals surface area contributed by atoms with Crippen LogP contribution in [0.2, 0.25) is 0 Å². The minimum Gasteiger partial charge on any atom is -0.299 e. The Bertz CT molecular complexity index is 383. The van der Waals surface area contributed by atoms with Crippen molar-refractivity contribution in [2.24, 2.45) is 5.92 Å². The SMILES string of the molecule is O=[N+]([O-])C1(OC2CC2)C=CC(C2CC2)=CN1. The predicted octanol–water partition coefficient (Wildman–Crippen LogP) is 1.55. The average molecular weight is 222 g/mol.